The van der Waals surface area contributed by atoms with Gasteiger partial charge in [0.15, 0.2) is 5.75 Å². The summed E-state index contributed by atoms with van der Waals surface area (Å²) < 4.78 is 16.1. The number of anilines is 2. The van der Waals surface area contributed by atoms with Gasteiger partial charge in [-0.1, -0.05) is 24.6 Å². The molecule has 0 bridgehead atoms. The molecule has 33 heavy (non-hydrogen) atoms. The van der Waals surface area contributed by atoms with E-state index < -0.39 is 5.97 Å². The molecular weight excluding hydrogens is 446 g/mol. The quantitative estimate of drug-likeness (QED) is 0.408. The predicted octanol–water partition coefficient (Wildman–Crippen LogP) is 4.71. The van der Waals surface area contributed by atoms with Gasteiger partial charge in [-0.2, -0.15) is 4.98 Å². The minimum absolute atomic E-state index is 0.0227. The van der Waals surface area contributed by atoms with Crippen molar-refractivity contribution < 1.29 is 19.0 Å². The van der Waals surface area contributed by atoms with Crippen LogP contribution in [0.15, 0.2) is 36.7 Å². The van der Waals surface area contributed by atoms with E-state index in [4.69, 9.17) is 25.8 Å². The first-order chi connectivity index (χ1) is 16.0. The number of cyclic esters (lactones) is 1. The molecule has 1 aliphatic rings. The number of nitrogens with zero attached hydrogens (tertiary/aromatic N) is 3. The van der Waals surface area contributed by atoms with Gasteiger partial charge < -0.3 is 24.5 Å². The maximum atomic E-state index is 12.9. The molecule has 0 amide bonds. The van der Waals surface area contributed by atoms with Crippen molar-refractivity contribution in [2.45, 2.75) is 12.8 Å². The van der Waals surface area contributed by atoms with Crippen LogP contribution in [0.1, 0.15) is 28.9 Å². The Morgan fingerprint density at radius 1 is 1.21 bits per heavy atom. The highest BCUT2D eigenvalue weighted by Gasteiger charge is 2.33. The fourth-order valence-electron chi connectivity index (χ4n) is 3.96. The molecule has 2 N–H and O–H groups in total. The van der Waals surface area contributed by atoms with Gasteiger partial charge in [-0.3, -0.25) is 4.98 Å². The molecule has 0 aliphatic carbocycles. The van der Waals surface area contributed by atoms with Crippen molar-refractivity contribution in [3.8, 4) is 23.0 Å². The molecule has 1 aromatic carbocycles. The molecule has 3 aromatic heterocycles. The van der Waals surface area contributed by atoms with E-state index in [1.807, 2.05) is 19.1 Å². The number of aromatic nitrogens is 4. The Morgan fingerprint density at radius 3 is 2.85 bits per heavy atom. The maximum Gasteiger partial charge on any atom is 0.342 e. The second kappa shape index (κ2) is 8.25. The van der Waals surface area contributed by atoms with E-state index >= 15 is 0 Å². The molecule has 0 saturated carbocycles. The monoisotopic (exact) mass is 465 g/mol. The van der Waals surface area contributed by atoms with Crippen LogP contribution < -0.4 is 14.8 Å². The zero-order chi connectivity index (χ0) is 23.1. The lowest BCUT2D eigenvalue weighted by molar-refractivity contribution is 0.0448. The minimum Gasteiger partial charge on any atom is -0.493 e. The molecule has 10 heteroatoms. The van der Waals surface area contributed by atoms with E-state index in [-0.39, 0.29) is 11.9 Å². The standard InChI is InChI=1S/C23H20ClN5O4/c1-11-10-33-22(30)16-17(11)28-19(20(16)27-14-6-4-5-13(24)21(14)31-2)12-7-8-25-15-9-26-23(32-3)29-18(12)15/h4-9,11,27-28H,10H2,1-3H3. The average Bonchev–Trinajstić information content (AvgIpc) is 3.21. The zero-order valence-corrected chi connectivity index (χ0v) is 18.9. The summed E-state index contributed by atoms with van der Waals surface area (Å²) in [5.41, 5.74) is 4.87. The molecule has 0 spiro atoms. The zero-order valence-electron chi connectivity index (χ0n) is 18.1. The number of pyridine rings is 1. The number of benzene rings is 1. The first-order valence-corrected chi connectivity index (χ1v) is 10.6. The minimum atomic E-state index is -0.417. The Morgan fingerprint density at radius 2 is 2.06 bits per heavy atom. The van der Waals surface area contributed by atoms with Crippen LogP contribution in [0, 0.1) is 0 Å². The Kier molecular flexibility index (Phi) is 5.26. The molecule has 1 unspecified atom stereocenters. The maximum absolute atomic E-state index is 12.9. The van der Waals surface area contributed by atoms with Crippen LogP contribution in [0.3, 0.4) is 0 Å². The van der Waals surface area contributed by atoms with E-state index in [1.165, 1.54) is 14.2 Å². The second-order valence-electron chi connectivity index (χ2n) is 7.56. The van der Waals surface area contributed by atoms with Crippen molar-refractivity contribution in [1.82, 2.24) is 19.9 Å². The third-order valence-corrected chi connectivity index (χ3v) is 5.83. The summed E-state index contributed by atoms with van der Waals surface area (Å²) >= 11 is 6.33. The summed E-state index contributed by atoms with van der Waals surface area (Å²) in [4.78, 5) is 29.3. The van der Waals surface area contributed by atoms with Gasteiger partial charge in [0.05, 0.1) is 49.1 Å². The van der Waals surface area contributed by atoms with E-state index in [1.54, 1.807) is 24.5 Å². The summed E-state index contributed by atoms with van der Waals surface area (Å²) in [7, 11) is 3.04. The van der Waals surface area contributed by atoms with E-state index in [0.717, 1.165) is 11.3 Å². The van der Waals surface area contributed by atoms with Gasteiger partial charge >= 0.3 is 12.0 Å². The molecule has 1 aliphatic heterocycles. The largest absolute Gasteiger partial charge is 0.493 e. The lowest BCUT2D eigenvalue weighted by atomic mass is 10.0. The number of halogens is 1. The number of rotatable bonds is 5. The Labute approximate surface area is 194 Å². The van der Waals surface area contributed by atoms with Crippen molar-refractivity contribution in [3.63, 3.8) is 0 Å². The topological polar surface area (TPSA) is 111 Å². The Bertz CT molecular complexity index is 1390. The summed E-state index contributed by atoms with van der Waals surface area (Å²) in [6, 6.07) is 7.39. The van der Waals surface area contributed by atoms with Gasteiger partial charge in [-0.05, 0) is 18.2 Å². The number of H-pyrrole nitrogens is 1. The molecule has 0 fully saturated rings. The van der Waals surface area contributed by atoms with E-state index in [0.29, 0.717) is 51.0 Å². The number of para-hydroxylation sites is 1. The number of carbonyl (C=O) groups excluding carboxylic acids is 1. The number of fused-ring (bicyclic) bond motifs is 2. The SMILES string of the molecule is COc1ncc2nccc(-c3[nH]c4c(c3Nc3cccc(Cl)c3OC)C(=O)OCC4C)c2n1. The molecule has 0 saturated heterocycles. The fourth-order valence-corrected chi connectivity index (χ4v) is 4.21. The third kappa shape index (κ3) is 3.50. The number of carbonyl (C=O) groups is 1. The van der Waals surface area contributed by atoms with Crippen LogP contribution in [0.5, 0.6) is 11.8 Å². The van der Waals surface area contributed by atoms with Crippen LogP contribution >= 0.6 is 11.6 Å². The van der Waals surface area contributed by atoms with Gasteiger partial charge in [0, 0.05) is 23.4 Å². The van der Waals surface area contributed by atoms with Gasteiger partial charge in [0.25, 0.3) is 0 Å². The lowest BCUT2D eigenvalue weighted by Gasteiger charge is -2.20. The highest BCUT2D eigenvalue weighted by molar-refractivity contribution is 6.32. The summed E-state index contributed by atoms with van der Waals surface area (Å²) in [5.74, 6) is 0.0195. The average molecular weight is 466 g/mol. The molecule has 5 rings (SSSR count). The molecule has 168 valence electrons. The van der Waals surface area contributed by atoms with Crippen molar-refractivity contribution in [1.29, 1.82) is 0 Å². The predicted molar refractivity (Wildman–Crippen MR) is 124 cm³/mol. The highest BCUT2D eigenvalue weighted by atomic mass is 35.5. The number of hydrogen-bond donors (Lipinski definition) is 2. The van der Waals surface area contributed by atoms with Crippen molar-refractivity contribution >= 4 is 40.0 Å². The molecular formula is C23H20ClN5O4. The molecule has 0 radical (unpaired) electrons. The molecule has 1 atom stereocenters. The van der Waals surface area contributed by atoms with Crippen LogP contribution in [0.4, 0.5) is 11.4 Å². The third-order valence-electron chi connectivity index (χ3n) is 5.53. The highest BCUT2D eigenvalue weighted by Crippen LogP contribution is 2.44. The van der Waals surface area contributed by atoms with Gasteiger partial charge in [0.1, 0.15) is 16.6 Å². The number of hydrogen-bond acceptors (Lipinski definition) is 8. The van der Waals surface area contributed by atoms with Gasteiger partial charge in [0.2, 0.25) is 0 Å². The van der Waals surface area contributed by atoms with Crippen LogP contribution in [0.2, 0.25) is 5.02 Å². The van der Waals surface area contributed by atoms with Crippen molar-refractivity contribution in [3.05, 3.63) is 52.9 Å². The van der Waals surface area contributed by atoms with E-state index in [2.05, 4.69) is 25.3 Å². The lowest BCUT2D eigenvalue weighted by Crippen LogP contribution is -2.20. The smallest absolute Gasteiger partial charge is 0.342 e. The number of ether oxygens (including phenoxy) is 3. The van der Waals surface area contributed by atoms with E-state index in [9.17, 15) is 4.79 Å². The van der Waals surface area contributed by atoms with Gasteiger partial charge in [-0.25, -0.2) is 9.78 Å². The fraction of sp³-hybridized carbons (Fsp3) is 0.217. The molecule has 4 heterocycles. The molecule has 4 aromatic rings. The number of nitrogens with one attached hydrogen (secondary N) is 2. The van der Waals surface area contributed by atoms with Gasteiger partial charge in [-0.15, -0.1) is 0 Å². The first kappa shape index (κ1) is 21.0. The molecule has 9 nitrogen and oxygen atoms in total. The normalized spacial score (nSPS) is 15.2. The Hall–Kier alpha value is -3.85. The van der Waals surface area contributed by atoms with Crippen molar-refractivity contribution in [2.75, 3.05) is 26.1 Å². The number of esters is 1. The first-order valence-electron chi connectivity index (χ1n) is 10.2. The summed E-state index contributed by atoms with van der Waals surface area (Å²) in [6.07, 6.45) is 3.26. The van der Waals surface area contributed by atoms with Crippen LogP contribution in [-0.2, 0) is 4.74 Å². The summed E-state index contributed by atoms with van der Waals surface area (Å²) in [6.45, 7) is 2.28. The second-order valence-corrected chi connectivity index (χ2v) is 7.97. The number of methoxy groups -OCH3 is 2. The van der Waals surface area contributed by atoms with Crippen LogP contribution in [0.25, 0.3) is 22.3 Å². The van der Waals surface area contributed by atoms with Crippen LogP contribution in [-0.4, -0.2) is 46.7 Å². The Balaban J connectivity index is 1.78. The number of aromatic amines is 1. The summed E-state index contributed by atoms with van der Waals surface area (Å²) in [5, 5.41) is 3.79. The van der Waals surface area contributed by atoms with Crippen molar-refractivity contribution in [2.24, 2.45) is 0 Å².